The molecule has 238 valence electrons. The van der Waals surface area contributed by atoms with E-state index in [4.69, 9.17) is 0 Å². The van der Waals surface area contributed by atoms with Crippen LogP contribution in [-0.2, 0) is 43.2 Å². The number of nitrogens with one attached hydrogen (secondary N) is 1. The van der Waals surface area contributed by atoms with Crippen molar-refractivity contribution >= 4 is 10.0 Å². The van der Waals surface area contributed by atoms with Crippen LogP contribution in [-0.4, -0.2) is 68.2 Å². The number of nitrogens with zero attached hydrogens (tertiary/aromatic N) is 6. The molecule has 0 aliphatic heterocycles. The number of hydrogen-bond donors (Lipinski definition) is 1. The Morgan fingerprint density at radius 2 is 1.41 bits per heavy atom. The summed E-state index contributed by atoms with van der Waals surface area (Å²) >= 11 is 0. The Morgan fingerprint density at radius 1 is 0.750 bits per heavy atom. The minimum Gasteiger partial charge on any atom is -0.348 e. The van der Waals surface area contributed by atoms with Gasteiger partial charge in [0.2, 0.25) is 10.0 Å². The van der Waals surface area contributed by atoms with Crippen molar-refractivity contribution in [2.24, 2.45) is 7.05 Å². The van der Waals surface area contributed by atoms with Crippen LogP contribution >= 0.6 is 0 Å². The molecule has 2 aromatic carbocycles. The van der Waals surface area contributed by atoms with Crippen molar-refractivity contribution in [3.8, 4) is 0 Å². The zero-order chi connectivity index (χ0) is 31.4. The van der Waals surface area contributed by atoms with Crippen molar-refractivity contribution in [2.75, 3.05) is 26.2 Å². The molecule has 0 aliphatic rings. The van der Waals surface area contributed by atoms with E-state index in [0.29, 0.717) is 37.6 Å². The van der Waals surface area contributed by atoms with Gasteiger partial charge in [-0.2, -0.15) is 4.31 Å². The number of H-pyrrole nitrogens is 1. The molecule has 0 saturated heterocycles. The zero-order valence-electron chi connectivity index (χ0n) is 26.8. The van der Waals surface area contributed by atoms with Crippen LogP contribution in [0.2, 0.25) is 0 Å². The second kappa shape index (κ2) is 16.7. The largest absolute Gasteiger partial charge is 0.348 e. The lowest BCUT2D eigenvalue weighted by Gasteiger charge is -2.25. The zero-order valence-corrected chi connectivity index (χ0v) is 27.6. The highest BCUT2D eigenvalue weighted by Gasteiger charge is 2.24. The van der Waals surface area contributed by atoms with Crippen molar-refractivity contribution in [1.29, 1.82) is 0 Å². The normalized spacial score (nSPS) is 12.2. The quantitative estimate of drug-likeness (QED) is 0.135. The van der Waals surface area contributed by atoms with Crippen LogP contribution in [0.4, 0.5) is 0 Å². The molecular weight excluding hydrogens is 570 g/mol. The van der Waals surface area contributed by atoms with E-state index in [1.54, 1.807) is 22.6 Å². The van der Waals surface area contributed by atoms with Crippen molar-refractivity contribution in [2.45, 2.75) is 77.5 Å². The molecule has 0 bridgehead atoms. The first-order chi connectivity index (χ1) is 21.3. The Bertz CT molecular complexity index is 1480. The van der Waals surface area contributed by atoms with Gasteiger partial charge in [-0.25, -0.2) is 18.4 Å². The summed E-state index contributed by atoms with van der Waals surface area (Å²) in [6.45, 7) is 12.5. The Morgan fingerprint density at radius 3 is 2.00 bits per heavy atom. The van der Waals surface area contributed by atoms with E-state index in [1.807, 2.05) is 49.3 Å². The predicted octanol–water partition coefficient (Wildman–Crippen LogP) is 5.75. The Balaban J connectivity index is 1.46. The van der Waals surface area contributed by atoms with Crippen LogP contribution in [0.5, 0.6) is 0 Å². The second-order valence-corrected chi connectivity index (χ2v) is 13.6. The Kier molecular flexibility index (Phi) is 12.7. The molecule has 4 aromatic rings. The Hall–Kier alpha value is -3.31. The number of imidazole rings is 2. The number of sulfonamides is 1. The molecule has 9 nitrogen and oxygen atoms in total. The molecule has 0 atom stereocenters. The third kappa shape index (κ3) is 9.85. The fraction of sp³-hybridized carbons (Fsp3) is 0.471. The summed E-state index contributed by atoms with van der Waals surface area (Å²) in [5.41, 5.74) is 3.17. The molecule has 0 saturated carbocycles. The smallest absolute Gasteiger partial charge is 0.243 e. The van der Waals surface area contributed by atoms with Gasteiger partial charge in [-0.1, -0.05) is 55.8 Å². The molecule has 0 fully saturated rings. The summed E-state index contributed by atoms with van der Waals surface area (Å²) in [6, 6.07) is 15.5. The summed E-state index contributed by atoms with van der Waals surface area (Å²) in [4.78, 5) is 17.3. The lowest BCUT2D eigenvalue weighted by molar-refractivity contribution is 0.233. The van der Waals surface area contributed by atoms with E-state index >= 15 is 0 Å². The van der Waals surface area contributed by atoms with Gasteiger partial charge < -0.3 is 14.5 Å². The van der Waals surface area contributed by atoms with Crippen molar-refractivity contribution in [3.05, 3.63) is 102 Å². The minimum absolute atomic E-state index is 0.341. The molecule has 0 radical (unpaired) electrons. The van der Waals surface area contributed by atoms with Gasteiger partial charge in [0.05, 0.1) is 18.0 Å². The van der Waals surface area contributed by atoms with Crippen LogP contribution in [0.3, 0.4) is 0 Å². The first-order valence-corrected chi connectivity index (χ1v) is 17.3. The number of unbranched alkanes of at least 4 members (excludes halogenated alkanes) is 1. The predicted molar refractivity (Wildman–Crippen MR) is 176 cm³/mol. The fourth-order valence-electron chi connectivity index (χ4n) is 5.46. The molecule has 10 heteroatoms. The van der Waals surface area contributed by atoms with Crippen LogP contribution in [0.1, 0.15) is 67.9 Å². The minimum atomic E-state index is -3.64. The molecule has 4 rings (SSSR count). The summed E-state index contributed by atoms with van der Waals surface area (Å²) in [5.74, 6) is 1.89. The average molecular weight is 620 g/mol. The maximum Gasteiger partial charge on any atom is 0.243 e. The number of hydrogen-bond acceptors (Lipinski definition) is 6. The molecule has 1 N–H and O–H groups in total. The topological polar surface area (TPSA) is 90.4 Å². The third-order valence-electron chi connectivity index (χ3n) is 7.87. The Labute approximate surface area is 264 Å². The van der Waals surface area contributed by atoms with Gasteiger partial charge in [0.1, 0.15) is 11.6 Å². The molecule has 0 aliphatic carbocycles. The number of aromatic amines is 1. The highest BCUT2D eigenvalue weighted by Crippen LogP contribution is 2.21. The summed E-state index contributed by atoms with van der Waals surface area (Å²) in [6.07, 6.45) is 11.4. The molecule has 2 heterocycles. The average Bonchev–Trinajstić information content (AvgIpc) is 3.67. The van der Waals surface area contributed by atoms with E-state index in [0.717, 1.165) is 73.7 Å². The molecule has 0 spiro atoms. The van der Waals surface area contributed by atoms with Crippen LogP contribution in [0, 0.1) is 6.92 Å². The van der Waals surface area contributed by atoms with Crippen LogP contribution < -0.4 is 0 Å². The highest BCUT2D eigenvalue weighted by molar-refractivity contribution is 7.89. The molecule has 0 unspecified atom stereocenters. The number of aryl methyl sites for hydroxylation is 2. The summed E-state index contributed by atoms with van der Waals surface area (Å²) in [7, 11) is -1.63. The third-order valence-corrected chi connectivity index (χ3v) is 9.73. The van der Waals surface area contributed by atoms with Crippen molar-refractivity contribution < 1.29 is 8.42 Å². The van der Waals surface area contributed by atoms with E-state index in [9.17, 15) is 8.42 Å². The first kappa shape index (κ1) is 33.6. The molecule has 2 aromatic heterocycles. The lowest BCUT2D eigenvalue weighted by Crippen LogP contribution is -2.32. The maximum absolute atomic E-state index is 13.8. The van der Waals surface area contributed by atoms with Crippen LogP contribution in [0.25, 0.3) is 0 Å². The number of rotatable bonds is 19. The standard InChI is InChI=1S/C34H49N7O2S/c1-5-20-39(21-6-2)22-7-8-23-41(44(42,43)32-15-9-29(3)10-16-32)26-31-13-11-30(12-14-31)25-40(27-33-35-17-18-36-33)28-34-37-19-24-38(34)4/h9-19,24H,5-8,20-23,25-28H2,1-4H3,(H,35,36). The molecular formula is C34H49N7O2S. The molecule has 0 amide bonds. The van der Waals surface area contributed by atoms with E-state index < -0.39 is 10.0 Å². The highest BCUT2D eigenvalue weighted by atomic mass is 32.2. The van der Waals surface area contributed by atoms with Gasteiger partial charge in [-0.3, -0.25) is 4.90 Å². The SMILES string of the molecule is CCCN(CCC)CCCCN(Cc1ccc(CN(Cc2ncc[nH]2)Cc2nccn2C)cc1)S(=O)(=O)c1ccc(C)cc1. The van der Waals surface area contributed by atoms with E-state index in [-0.39, 0.29) is 0 Å². The van der Waals surface area contributed by atoms with Crippen molar-refractivity contribution in [3.63, 3.8) is 0 Å². The lowest BCUT2D eigenvalue weighted by atomic mass is 10.1. The van der Waals surface area contributed by atoms with E-state index in [2.05, 4.69) is 62.9 Å². The summed E-state index contributed by atoms with van der Waals surface area (Å²) < 4.78 is 31.3. The second-order valence-electron chi connectivity index (χ2n) is 11.7. The van der Waals surface area contributed by atoms with Gasteiger partial charge in [0.25, 0.3) is 0 Å². The number of benzene rings is 2. The van der Waals surface area contributed by atoms with Gasteiger partial charge in [-0.15, -0.1) is 0 Å². The monoisotopic (exact) mass is 619 g/mol. The van der Waals surface area contributed by atoms with Gasteiger partial charge >= 0.3 is 0 Å². The maximum atomic E-state index is 13.8. The van der Waals surface area contributed by atoms with E-state index in [1.165, 1.54) is 0 Å². The number of aromatic nitrogens is 4. The fourth-order valence-corrected chi connectivity index (χ4v) is 6.93. The van der Waals surface area contributed by atoms with Gasteiger partial charge in [-0.05, 0) is 75.5 Å². The van der Waals surface area contributed by atoms with Crippen molar-refractivity contribution in [1.82, 2.24) is 33.6 Å². The van der Waals surface area contributed by atoms with Gasteiger partial charge in [0, 0.05) is 51.5 Å². The van der Waals surface area contributed by atoms with Crippen LogP contribution in [0.15, 0.2) is 78.2 Å². The molecule has 44 heavy (non-hydrogen) atoms. The van der Waals surface area contributed by atoms with Gasteiger partial charge in [0.15, 0.2) is 0 Å². The summed E-state index contributed by atoms with van der Waals surface area (Å²) in [5, 5.41) is 0. The first-order valence-electron chi connectivity index (χ1n) is 15.8.